The Morgan fingerprint density at radius 1 is 1.31 bits per heavy atom. The smallest absolute Gasteiger partial charge is 0.407 e. The zero-order chi connectivity index (χ0) is 26.0. The van der Waals surface area contributed by atoms with Crippen LogP contribution in [-0.2, 0) is 4.74 Å². The fourth-order valence-electron chi connectivity index (χ4n) is 7.13. The predicted octanol–water partition coefficient (Wildman–Crippen LogP) is 5.04. The maximum absolute atomic E-state index is 11.6. The fourth-order valence-corrected chi connectivity index (χ4v) is 7.13. The third-order valence-corrected chi connectivity index (χ3v) is 9.09. The normalized spacial score (nSPS) is 36.8. The van der Waals surface area contributed by atoms with Gasteiger partial charge in [0, 0.05) is 6.42 Å². The van der Waals surface area contributed by atoms with Crippen molar-refractivity contribution in [3.05, 3.63) is 35.5 Å². The summed E-state index contributed by atoms with van der Waals surface area (Å²) in [5.41, 5.74) is 2.56. The molecule has 0 aromatic rings. The Morgan fingerprint density at radius 3 is 2.69 bits per heavy atom. The number of carbonyl (C=O) groups is 1. The molecule has 0 radical (unpaired) electrons. The number of aliphatic hydroxyl groups excluding tert-OH is 2. The number of nitrogens with one attached hydrogen (secondary N) is 1. The quantitative estimate of drug-likeness (QED) is 0.402. The molecule has 4 N–H and O–H groups in total. The molecule has 3 aliphatic carbocycles. The minimum absolute atomic E-state index is 0.300. The second kappa shape index (κ2) is 11.2. The number of allylic oxidation sites excluding steroid dienone is 3. The van der Waals surface area contributed by atoms with Crippen LogP contribution >= 0.6 is 0 Å². The number of amides is 1. The highest BCUT2D eigenvalue weighted by Gasteiger charge is 2.50. The standard InChI is InChI=1S/C29H47NO5/c1-18(9-7-15-28(3,4)34)22-13-14-23-20(10-8-16-29(22,23)5)11-12-21-17-24(31)25(26(32)19(21)2)30-27(33)35-6/h11-12,18,22-26,31-32,34H,2,7-10,13-17H2,1,3-6H3,(H,30,33)/b20-11+,21-12-/t18-,22-,23+,24-,25+,26-,29-/m1/s1. The van der Waals surface area contributed by atoms with Gasteiger partial charge in [0.25, 0.3) is 0 Å². The number of ether oxygens (including phenoxy) is 1. The summed E-state index contributed by atoms with van der Waals surface area (Å²) in [6, 6.07) is -0.828. The van der Waals surface area contributed by atoms with E-state index in [1.54, 1.807) is 0 Å². The van der Waals surface area contributed by atoms with E-state index in [0.717, 1.165) is 31.3 Å². The van der Waals surface area contributed by atoms with Gasteiger partial charge in [0.15, 0.2) is 0 Å². The van der Waals surface area contributed by atoms with Crippen molar-refractivity contribution < 1.29 is 24.9 Å². The fraction of sp³-hybridized carbons (Fsp3) is 0.759. The molecule has 6 nitrogen and oxygen atoms in total. The van der Waals surface area contributed by atoms with Crippen LogP contribution < -0.4 is 5.32 Å². The largest absolute Gasteiger partial charge is 0.453 e. The van der Waals surface area contributed by atoms with Gasteiger partial charge in [-0.05, 0) is 86.7 Å². The monoisotopic (exact) mass is 489 g/mol. The molecule has 0 unspecified atom stereocenters. The molecular weight excluding hydrogens is 442 g/mol. The lowest BCUT2D eigenvalue weighted by Gasteiger charge is -2.44. The van der Waals surface area contributed by atoms with Crippen molar-refractivity contribution in [2.45, 2.75) is 109 Å². The number of rotatable bonds is 7. The van der Waals surface area contributed by atoms with Gasteiger partial charge in [-0.15, -0.1) is 0 Å². The summed E-state index contributed by atoms with van der Waals surface area (Å²) in [6.07, 6.45) is 11.0. The molecule has 7 atom stereocenters. The van der Waals surface area contributed by atoms with E-state index in [4.69, 9.17) is 0 Å². The van der Waals surface area contributed by atoms with Gasteiger partial charge in [0.1, 0.15) is 6.10 Å². The van der Waals surface area contributed by atoms with Crippen molar-refractivity contribution in [2.24, 2.45) is 23.2 Å². The maximum atomic E-state index is 11.6. The number of methoxy groups -OCH3 is 1. The molecule has 0 aromatic carbocycles. The molecule has 198 valence electrons. The van der Waals surface area contributed by atoms with Crippen LogP contribution in [0.2, 0.25) is 0 Å². The van der Waals surface area contributed by atoms with Crippen molar-refractivity contribution in [2.75, 3.05) is 7.11 Å². The highest BCUT2D eigenvalue weighted by Crippen LogP contribution is 2.60. The second-order valence-electron chi connectivity index (χ2n) is 12.1. The van der Waals surface area contributed by atoms with E-state index in [0.29, 0.717) is 35.2 Å². The molecule has 0 aliphatic heterocycles. The lowest BCUT2D eigenvalue weighted by Crippen LogP contribution is -2.54. The molecule has 3 fully saturated rings. The molecule has 0 spiro atoms. The van der Waals surface area contributed by atoms with E-state index < -0.39 is 29.9 Å². The summed E-state index contributed by atoms with van der Waals surface area (Å²) >= 11 is 0. The molecule has 35 heavy (non-hydrogen) atoms. The van der Waals surface area contributed by atoms with E-state index in [1.165, 1.54) is 38.4 Å². The van der Waals surface area contributed by atoms with Crippen LogP contribution in [0.15, 0.2) is 35.5 Å². The number of alkyl carbamates (subject to hydrolysis) is 1. The molecule has 0 saturated heterocycles. The van der Waals surface area contributed by atoms with E-state index >= 15 is 0 Å². The molecule has 0 aromatic heterocycles. The molecule has 0 bridgehead atoms. The third-order valence-electron chi connectivity index (χ3n) is 9.09. The first-order chi connectivity index (χ1) is 16.4. The molecule has 3 saturated carbocycles. The van der Waals surface area contributed by atoms with Crippen molar-refractivity contribution in [3.63, 3.8) is 0 Å². The van der Waals surface area contributed by atoms with Crippen molar-refractivity contribution in [3.8, 4) is 0 Å². The summed E-state index contributed by atoms with van der Waals surface area (Å²) in [6.45, 7) is 12.7. The average Bonchev–Trinajstić information content (AvgIpc) is 3.14. The van der Waals surface area contributed by atoms with Crippen molar-refractivity contribution >= 4 is 6.09 Å². The van der Waals surface area contributed by atoms with Crippen LogP contribution in [0.25, 0.3) is 0 Å². The van der Waals surface area contributed by atoms with Crippen molar-refractivity contribution in [1.29, 1.82) is 0 Å². The number of hydrogen-bond donors (Lipinski definition) is 4. The van der Waals surface area contributed by atoms with E-state index in [2.05, 4.69) is 36.6 Å². The summed E-state index contributed by atoms with van der Waals surface area (Å²) in [5, 5.41) is 33.8. The Labute approximate surface area is 211 Å². The molecule has 6 heteroatoms. The number of hydrogen-bond acceptors (Lipinski definition) is 5. The molecule has 0 heterocycles. The van der Waals surface area contributed by atoms with Crippen LogP contribution in [0.3, 0.4) is 0 Å². The van der Waals surface area contributed by atoms with Gasteiger partial charge in [-0.1, -0.05) is 51.0 Å². The van der Waals surface area contributed by atoms with Crippen molar-refractivity contribution in [1.82, 2.24) is 5.32 Å². The zero-order valence-electron chi connectivity index (χ0n) is 22.3. The molecule has 3 rings (SSSR count). The van der Waals surface area contributed by atoms with E-state index in [9.17, 15) is 20.1 Å². The van der Waals surface area contributed by atoms with Crippen LogP contribution in [0.1, 0.15) is 85.5 Å². The summed E-state index contributed by atoms with van der Waals surface area (Å²) in [5.74, 6) is 1.91. The van der Waals surface area contributed by atoms with E-state index in [1.807, 2.05) is 19.9 Å². The van der Waals surface area contributed by atoms with Gasteiger partial charge < -0.3 is 25.4 Å². The van der Waals surface area contributed by atoms with E-state index in [-0.39, 0.29) is 0 Å². The lowest BCUT2D eigenvalue weighted by atomic mass is 9.60. The number of carbonyl (C=O) groups excluding carboxylic acids is 1. The number of fused-ring (bicyclic) bond motifs is 1. The summed E-state index contributed by atoms with van der Waals surface area (Å²) < 4.78 is 4.61. The first-order valence-corrected chi connectivity index (χ1v) is 13.4. The zero-order valence-corrected chi connectivity index (χ0v) is 22.3. The van der Waals surface area contributed by atoms with Gasteiger partial charge in [-0.3, -0.25) is 0 Å². The Hall–Kier alpha value is -1.63. The Morgan fingerprint density at radius 2 is 2.03 bits per heavy atom. The SMILES string of the molecule is C=C1/C(=C\C=C2/CCC[C@]3(C)[C@@H]([C@H](C)CCCC(C)(C)O)CC[C@@H]23)C[C@@H](O)[C@H](NC(=O)OC)[C@@H]1O. The minimum atomic E-state index is -1.06. The van der Waals surface area contributed by atoms with Gasteiger partial charge in [0.2, 0.25) is 0 Å². The van der Waals surface area contributed by atoms with Gasteiger partial charge in [-0.2, -0.15) is 0 Å². The van der Waals surface area contributed by atoms with Crippen LogP contribution in [-0.4, -0.2) is 52.4 Å². The highest BCUT2D eigenvalue weighted by atomic mass is 16.5. The maximum Gasteiger partial charge on any atom is 0.407 e. The average molecular weight is 490 g/mol. The lowest BCUT2D eigenvalue weighted by molar-refractivity contribution is 0.0415. The second-order valence-corrected chi connectivity index (χ2v) is 12.1. The topological polar surface area (TPSA) is 99.0 Å². The summed E-state index contributed by atoms with van der Waals surface area (Å²) in [4.78, 5) is 11.6. The number of aliphatic hydroxyl groups is 3. The third kappa shape index (κ3) is 6.39. The predicted molar refractivity (Wildman–Crippen MR) is 139 cm³/mol. The molecule has 3 aliphatic rings. The first kappa shape index (κ1) is 27.9. The molecular formula is C29H47NO5. The Bertz CT molecular complexity index is 841. The summed E-state index contributed by atoms with van der Waals surface area (Å²) in [7, 11) is 1.26. The van der Waals surface area contributed by atoms with Crippen LogP contribution in [0.4, 0.5) is 4.79 Å². The van der Waals surface area contributed by atoms with Gasteiger partial charge >= 0.3 is 6.09 Å². The first-order valence-electron chi connectivity index (χ1n) is 13.4. The highest BCUT2D eigenvalue weighted by molar-refractivity contribution is 5.68. The van der Waals surface area contributed by atoms with Crippen LogP contribution in [0.5, 0.6) is 0 Å². The van der Waals surface area contributed by atoms with Gasteiger partial charge in [0.05, 0.1) is 24.9 Å². The van der Waals surface area contributed by atoms with Crippen LogP contribution in [0, 0.1) is 23.2 Å². The minimum Gasteiger partial charge on any atom is -0.453 e. The van der Waals surface area contributed by atoms with Gasteiger partial charge in [-0.25, -0.2) is 4.79 Å². The Kier molecular flexibility index (Phi) is 8.93. The Balaban J connectivity index is 1.70. The molecule has 1 amide bonds.